The second kappa shape index (κ2) is 13.6. The molecule has 1 aliphatic carbocycles. The molecule has 2 fully saturated rings. The standard InChI is InChI=1S/C36H37Cl2N5O5/c1-4-48-36(45)21-15-43(16-21)30-12-11-20-13-27(40-35(47-3)31(20)30)25-9-5-7-23(32(25)37)24-8-6-10-26(33(24)38)28-14-39-29(34(41-28)46-2)19-42-17-22(44)18-42/h5-10,13-14,21-22,30,44H,4,11-12,15-19H2,1-3H3. The van der Waals surface area contributed by atoms with Crippen molar-refractivity contribution in [3.05, 3.63) is 75.5 Å². The number of β-amino-alcohol motifs (C(OH)–C–C–N with tert-alkyl or cyclic N) is 1. The van der Waals surface area contributed by atoms with Gasteiger partial charge in [0, 0.05) is 66.6 Å². The van der Waals surface area contributed by atoms with E-state index in [9.17, 15) is 9.90 Å². The van der Waals surface area contributed by atoms with Crippen molar-refractivity contribution < 1.29 is 24.1 Å². The van der Waals surface area contributed by atoms with Gasteiger partial charge < -0.3 is 19.3 Å². The zero-order chi connectivity index (χ0) is 33.5. The Morgan fingerprint density at radius 1 is 0.917 bits per heavy atom. The first-order chi connectivity index (χ1) is 23.3. The van der Waals surface area contributed by atoms with Crippen LogP contribution < -0.4 is 9.47 Å². The predicted octanol–water partition coefficient (Wildman–Crippen LogP) is 5.86. The minimum absolute atomic E-state index is 0.0847. The summed E-state index contributed by atoms with van der Waals surface area (Å²) in [5.41, 5.74) is 7.24. The number of pyridine rings is 1. The van der Waals surface area contributed by atoms with Crippen molar-refractivity contribution in [3.63, 3.8) is 0 Å². The maximum Gasteiger partial charge on any atom is 0.311 e. The lowest BCUT2D eigenvalue weighted by Gasteiger charge is -2.42. The highest BCUT2D eigenvalue weighted by Crippen LogP contribution is 2.47. The van der Waals surface area contributed by atoms with Crippen molar-refractivity contribution in [2.75, 3.05) is 47.0 Å². The number of hydrogen-bond acceptors (Lipinski definition) is 10. The van der Waals surface area contributed by atoms with Crippen molar-refractivity contribution in [1.82, 2.24) is 24.8 Å². The summed E-state index contributed by atoms with van der Waals surface area (Å²) in [5, 5.41) is 10.7. The van der Waals surface area contributed by atoms with Gasteiger partial charge >= 0.3 is 5.97 Å². The molecule has 1 unspecified atom stereocenters. The number of benzene rings is 2. The Morgan fingerprint density at radius 2 is 1.54 bits per heavy atom. The molecule has 250 valence electrons. The van der Waals surface area contributed by atoms with Crippen molar-refractivity contribution >= 4 is 29.2 Å². The molecule has 0 radical (unpaired) electrons. The molecule has 0 amide bonds. The minimum Gasteiger partial charge on any atom is -0.481 e. The fraction of sp³-hybridized carbons (Fsp3) is 0.389. The Morgan fingerprint density at radius 3 is 2.17 bits per heavy atom. The lowest BCUT2D eigenvalue weighted by molar-refractivity contribution is -0.155. The number of aromatic nitrogens is 3. The number of aryl methyl sites for hydroxylation is 1. The van der Waals surface area contributed by atoms with Crippen LogP contribution in [0.4, 0.5) is 0 Å². The first-order valence-electron chi connectivity index (χ1n) is 16.2. The maximum absolute atomic E-state index is 12.2. The van der Waals surface area contributed by atoms with Crippen LogP contribution >= 0.6 is 23.2 Å². The van der Waals surface area contributed by atoms with Gasteiger partial charge in [-0.1, -0.05) is 59.6 Å². The summed E-state index contributed by atoms with van der Waals surface area (Å²) in [7, 11) is 3.21. The molecule has 4 heterocycles. The SMILES string of the molecule is CCOC(=O)C1CN(C2CCc3cc(-c4cccc(-c5cccc(-c6cnc(CN7CC(O)C7)c(OC)n6)c5Cl)c4Cl)nc(OC)c32)C1. The molecule has 48 heavy (non-hydrogen) atoms. The molecule has 0 bridgehead atoms. The smallest absolute Gasteiger partial charge is 0.311 e. The molecule has 0 spiro atoms. The van der Waals surface area contributed by atoms with E-state index in [-0.39, 0.29) is 24.0 Å². The normalized spacial score (nSPS) is 18.2. The molecule has 3 aliphatic rings. The van der Waals surface area contributed by atoms with E-state index >= 15 is 0 Å². The fourth-order valence-corrected chi connectivity index (χ4v) is 7.62. The third kappa shape index (κ3) is 6.01. The highest BCUT2D eigenvalue weighted by molar-refractivity contribution is 6.39. The minimum atomic E-state index is -0.299. The molecule has 7 rings (SSSR count). The lowest BCUT2D eigenvalue weighted by atomic mass is 9.95. The Kier molecular flexibility index (Phi) is 9.28. The van der Waals surface area contributed by atoms with Crippen molar-refractivity contribution in [1.29, 1.82) is 0 Å². The number of esters is 1. The zero-order valence-electron chi connectivity index (χ0n) is 27.1. The second-order valence-electron chi connectivity index (χ2n) is 12.4. The van der Waals surface area contributed by atoms with Gasteiger partial charge in [0.2, 0.25) is 11.8 Å². The molecule has 2 aromatic carbocycles. The van der Waals surface area contributed by atoms with Crippen LogP contribution in [0.1, 0.15) is 36.2 Å². The molecule has 4 aromatic rings. The number of ether oxygens (including phenoxy) is 3. The van der Waals surface area contributed by atoms with Crippen LogP contribution in [-0.2, 0) is 22.5 Å². The summed E-state index contributed by atoms with van der Waals surface area (Å²) in [4.78, 5) is 30.9. The zero-order valence-corrected chi connectivity index (χ0v) is 28.6. The number of carbonyl (C=O) groups excluding carboxylic acids is 1. The van der Waals surface area contributed by atoms with Crippen LogP contribution in [0.2, 0.25) is 10.0 Å². The summed E-state index contributed by atoms with van der Waals surface area (Å²) < 4.78 is 16.6. The van der Waals surface area contributed by atoms with E-state index in [2.05, 4.69) is 20.9 Å². The number of aliphatic hydroxyl groups excluding tert-OH is 1. The molecule has 2 aromatic heterocycles. The van der Waals surface area contributed by atoms with Gasteiger partial charge in [-0.3, -0.25) is 19.6 Å². The largest absolute Gasteiger partial charge is 0.481 e. The third-order valence-corrected chi connectivity index (χ3v) is 10.3. The molecule has 2 saturated heterocycles. The quantitative estimate of drug-likeness (QED) is 0.204. The molecular formula is C36H37Cl2N5O5. The van der Waals surface area contributed by atoms with E-state index < -0.39 is 0 Å². The Hall–Kier alpha value is -3.80. The topological polar surface area (TPSA) is 110 Å². The van der Waals surface area contributed by atoms with E-state index in [0.717, 1.165) is 40.8 Å². The van der Waals surface area contributed by atoms with Gasteiger partial charge in [0.05, 0.1) is 60.5 Å². The number of rotatable bonds is 10. The predicted molar refractivity (Wildman–Crippen MR) is 183 cm³/mol. The van der Waals surface area contributed by atoms with Gasteiger partial charge in [0.1, 0.15) is 5.69 Å². The first-order valence-corrected chi connectivity index (χ1v) is 16.9. The molecule has 1 N–H and O–H groups in total. The van der Waals surface area contributed by atoms with Gasteiger partial charge in [0.15, 0.2) is 0 Å². The summed E-state index contributed by atoms with van der Waals surface area (Å²) in [6, 6.07) is 13.8. The molecule has 2 aliphatic heterocycles. The van der Waals surface area contributed by atoms with Crippen molar-refractivity contribution in [2.45, 2.75) is 38.5 Å². The highest BCUT2D eigenvalue weighted by atomic mass is 35.5. The summed E-state index contributed by atoms with van der Waals surface area (Å²) in [5.74, 6) is 0.783. The summed E-state index contributed by atoms with van der Waals surface area (Å²) >= 11 is 14.2. The molecule has 0 saturated carbocycles. The number of likely N-dealkylation sites (tertiary alicyclic amines) is 2. The van der Waals surface area contributed by atoms with Crippen LogP contribution in [0.25, 0.3) is 33.6 Å². The van der Waals surface area contributed by atoms with Gasteiger partial charge in [0.25, 0.3) is 0 Å². The molecule has 12 heteroatoms. The molecular weight excluding hydrogens is 653 g/mol. The first kappa shape index (κ1) is 32.7. The second-order valence-corrected chi connectivity index (χ2v) is 13.2. The fourth-order valence-electron chi connectivity index (χ4n) is 6.97. The number of aliphatic hydroxyl groups is 1. The Balaban J connectivity index is 1.17. The van der Waals surface area contributed by atoms with Gasteiger partial charge in [-0.15, -0.1) is 0 Å². The van der Waals surface area contributed by atoms with Crippen LogP contribution in [0.3, 0.4) is 0 Å². The monoisotopic (exact) mass is 689 g/mol. The molecule has 10 nitrogen and oxygen atoms in total. The average Bonchev–Trinajstić information content (AvgIpc) is 3.47. The summed E-state index contributed by atoms with van der Waals surface area (Å²) in [6.07, 6.45) is 3.20. The third-order valence-electron chi connectivity index (χ3n) is 9.45. The Bertz CT molecular complexity index is 1860. The number of nitrogens with zero attached hydrogens (tertiary/aromatic N) is 5. The van der Waals surface area contributed by atoms with Gasteiger partial charge in [-0.05, 0) is 31.4 Å². The van der Waals surface area contributed by atoms with Crippen LogP contribution in [0, 0.1) is 5.92 Å². The highest BCUT2D eigenvalue weighted by Gasteiger charge is 2.42. The van der Waals surface area contributed by atoms with E-state index in [1.165, 1.54) is 5.56 Å². The number of carbonyl (C=O) groups is 1. The van der Waals surface area contributed by atoms with Gasteiger partial charge in [-0.2, -0.15) is 0 Å². The van der Waals surface area contributed by atoms with E-state index in [4.69, 9.17) is 47.4 Å². The van der Waals surface area contributed by atoms with E-state index in [1.807, 2.05) is 43.3 Å². The maximum atomic E-state index is 12.2. The number of halogens is 2. The van der Waals surface area contributed by atoms with Gasteiger partial charge in [-0.25, -0.2) is 9.97 Å². The number of hydrogen-bond donors (Lipinski definition) is 1. The van der Waals surface area contributed by atoms with Crippen molar-refractivity contribution in [2.24, 2.45) is 5.92 Å². The number of methoxy groups -OCH3 is 2. The summed E-state index contributed by atoms with van der Waals surface area (Å²) in [6.45, 7) is 5.33. The number of fused-ring (bicyclic) bond motifs is 1. The van der Waals surface area contributed by atoms with Crippen molar-refractivity contribution in [3.8, 4) is 45.4 Å². The van der Waals surface area contributed by atoms with Crippen LogP contribution in [0.5, 0.6) is 11.8 Å². The Labute approximate surface area is 289 Å². The molecule has 1 atom stereocenters. The lowest BCUT2D eigenvalue weighted by Crippen LogP contribution is -2.51. The van der Waals surface area contributed by atoms with Crippen LogP contribution in [-0.4, -0.2) is 88.9 Å². The van der Waals surface area contributed by atoms with Crippen LogP contribution in [0.15, 0.2) is 48.7 Å². The van der Waals surface area contributed by atoms with E-state index in [1.54, 1.807) is 20.4 Å². The van der Waals surface area contributed by atoms with E-state index in [0.29, 0.717) is 78.1 Å². The average molecular weight is 691 g/mol.